The lowest BCUT2D eigenvalue weighted by Gasteiger charge is -1.99. The molecule has 80 valence electrons. The maximum atomic E-state index is 13.1. The van der Waals surface area contributed by atoms with Crippen molar-refractivity contribution in [1.82, 2.24) is 5.32 Å². The molecule has 1 N–H and O–H groups in total. The van der Waals surface area contributed by atoms with E-state index in [1.807, 2.05) is 13.1 Å². The van der Waals surface area contributed by atoms with Crippen LogP contribution < -0.4 is 5.32 Å². The molecule has 0 amide bonds. The minimum atomic E-state index is -0.151. The van der Waals surface area contributed by atoms with E-state index < -0.39 is 0 Å². The Morgan fingerprint density at radius 3 is 2.87 bits per heavy atom. The van der Waals surface area contributed by atoms with Crippen LogP contribution in [-0.2, 0) is 13.0 Å². The zero-order chi connectivity index (χ0) is 10.8. The maximum absolute atomic E-state index is 13.1. The van der Waals surface area contributed by atoms with E-state index in [2.05, 4.69) is 12.2 Å². The van der Waals surface area contributed by atoms with Crippen molar-refractivity contribution >= 4 is 21.4 Å². The van der Waals surface area contributed by atoms with Gasteiger partial charge in [0.1, 0.15) is 5.82 Å². The smallest absolute Gasteiger partial charge is 0.124 e. The highest BCUT2D eigenvalue weighted by Crippen LogP contribution is 2.32. The lowest BCUT2D eigenvalue weighted by molar-refractivity contribution is 0.630. The topological polar surface area (TPSA) is 12.0 Å². The number of benzene rings is 1. The van der Waals surface area contributed by atoms with Crippen LogP contribution in [0.25, 0.3) is 10.1 Å². The van der Waals surface area contributed by atoms with Crippen LogP contribution in [-0.4, -0.2) is 7.05 Å². The molecule has 2 aromatic rings. The summed E-state index contributed by atoms with van der Waals surface area (Å²) in [6, 6.07) is 5.05. The number of nitrogens with one attached hydrogen (secondary N) is 1. The van der Waals surface area contributed by atoms with Crippen LogP contribution in [0.5, 0.6) is 0 Å². The Bertz CT molecular complexity index is 476. The molecule has 3 heteroatoms. The second kappa shape index (κ2) is 4.29. The van der Waals surface area contributed by atoms with E-state index in [1.165, 1.54) is 21.9 Å². The molecule has 0 atom stereocenters. The molecule has 0 aliphatic rings. The van der Waals surface area contributed by atoms with Gasteiger partial charge in [-0.05, 0) is 36.6 Å². The number of hydrogen-bond donors (Lipinski definition) is 1. The Hall–Kier alpha value is -0.930. The van der Waals surface area contributed by atoms with Crippen LogP contribution in [0.15, 0.2) is 18.2 Å². The summed E-state index contributed by atoms with van der Waals surface area (Å²) >= 11 is 1.68. The molecule has 0 saturated carbocycles. The average Bonchev–Trinajstić information content (AvgIpc) is 2.54. The third-order valence-electron chi connectivity index (χ3n) is 2.53. The van der Waals surface area contributed by atoms with Gasteiger partial charge in [-0.25, -0.2) is 4.39 Å². The molecule has 0 bridgehead atoms. The fraction of sp³-hybridized carbons (Fsp3) is 0.333. The van der Waals surface area contributed by atoms with Crippen molar-refractivity contribution in [3.05, 3.63) is 34.5 Å². The zero-order valence-electron chi connectivity index (χ0n) is 8.93. The molecular formula is C12H14FNS. The SMILES string of the molecule is CCc1c(CNC)sc2cc(F)ccc12. The highest BCUT2D eigenvalue weighted by molar-refractivity contribution is 7.19. The molecule has 0 unspecified atom stereocenters. The van der Waals surface area contributed by atoms with Crippen molar-refractivity contribution in [3.63, 3.8) is 0 Å². The molecule has 0 aliphatic heterocycles. The lowest BCUT2D eigenvalue weighted by Crippen LogP contribution is -2.04. The van der Waals surface area contributed by atoms with E-state index in [4.69, 9.17) is 0 Å². The molecule has 1 heterocycles. The van der Waals surface area contributed by atoms with Crippen LogP contribution in [0.4, 0.5) is 4.39 Å². The molecule has 1 nitrogen and oxygen atoms in total. The van der Waals surface area contributed by atoms with Crippen LogP contribution in [0.3, 0.4) is 0 Å². The maximum Gasteiger partial charge on any atom is 0.124 e. The predicted octanol–water partition coefficient (Wildman–Crippen LogP) is 3.32. The lowest BCUT2D eigenvalue weighted by atomic mass is 10.1. The molecule has 2 rings (SSSR count). The number of aryl methyl sites for hydroxylation is 1. The fourth-order valence-electron chi connectivity index (χ4n) is 1.87. The summed E-state index contributed by atoms with van der Waals surface area (Å²) < 4.78 is 14.1. The first-order valence-electron chi connectivity index (χ1n) is 5.10. The second-order valence-corrected chi connectivity index (χ2v) is 4.66. The number of hydrogen-bond acceptors (Lipinski definition) is 2. The van der Waals surface area contributed by atoms with Crippen molar-refractivity contribution in [3.8, 4) is 0 Å². The first-order valence-corrected chi connectivity index (χ1v) is 5.92. The Kier molecular flexibility index (Phi) is 3.03. The first kappa shape index (κ1) is 10.6. The first-order chi connectivity index (χ1) is 7.26. The highest BCUT2D eigenvalue weighted by Gasteiger charge is 2.10. The van der Waals surface area contributed by atoms with Gasteiger partial charge in [-0.2, -0.15) is 0 Å². The quantitative estimate of drug-likeness (QED) is 0.841. The summed E-state index contributed by atoms with van der Waals surface area (Å²) in [5, 5.41) is 4.35. The largest absolute Gasteiger partial charge is 0.315 e. The Labute approximate surface area is 92.9 Å². The highest BCUT2D eigenvalue weighted by atomic mass is 32.1. The third-order valence-corrected chi connectivity index (χ3v) is 3.72. The van der Waals surface area contributed by atoms with Gasteiger partial charge in [0.2, 0.25) is 0 Å². The van der Waals surface area contributed by atoms with Gasteiger partial charge in [0.05, 0.1) is 0 Å². The molecule has 1 aromatic carbocycles. The average molecular weight is 223 g/mol. The molecular weight excluding hydrogens is 209 g/mol. The van der Waals surface area contributed by atoms with Crippen LogP contribution in [0.1, 0.15) is 17.4 Å². The van der Waals surface area contributed by atoms with Gasteiger partial charge >= 0.3 is 0 Å². The summed E-state index contributed by atoms with van der Waals surface area (Å²) in [6.07, 6.45) is 1.00. The number of rotatable bonds is 3. The van der Waals surface area contributed by atoms with Gasteiger partial charge in [0, 0.05) is 16.1 Å². The Morgan fingerprint density at radius 1 is 1.40 bits per heavy atom. The van der Waals surface area contributed by atoms with Crippen molar-refractivity contribution in [2.24, 2.45) is 0 Å². The normalized spacial score (nSPS) is 11.1. The second-order valence-electron chi connectivity index (χ2n) is 3.53. The van der Waals surface area contributed by atoms with Crippen molar-refractivity contribution in [2.45, 2.75) is 19.9 Å². The van der Waals surface area contributed by atoms with E-state index in [0.29, 0.717) is 0 Å². The van der Waals surface area contributed by atoms with Gasteiger partial charge in [0.15, 0.2) is 0 Å². The number of thiophene rings is 1. The van der Waals surface area contributed by atoms with Gasteiger partial charge in [0.25, 0.3) is 0 Å². The minimum Gasteiger partial charge on any atom is -0.315 e. The summed E-state index contributed by atoms with van der Waals surface area (Å²) in [6.45, 7) is 3.01. The van der Waals surface area contributed by atoms with Crippen LogP contribution in [0, 0.1) is 5.82 Å². The monoisotopic (exact) mass is 223 g/mol. The van der Waals surface area contributed by atoms with Gasteiger partial charge in [-0.15, -0.1) is 11.3 Å². The summed E-state index contributed by atoms with van der Waals surface area (Å²) in [5.41, 5.74) is 1.35. The molecule has 0 fully saturated rings. The van der Waals surface area contributed by atoms with E-state index in [0.717, 1.165) is 17.7 Å². The third kappa shape index (κ3) is 1.90. The van der Waals surface area contributed by atoms with Crippen LogP contribution >= 0.6 is 11.3 Å². The van der Waals surface area contributed by atoms with E-state index in [9.17, 15) is 4.39 Å². The molecule has 15 heavy (non-hydrogen) atoms. The van der Waals surface area contributed by atoms with Gasteiger partial charge < -0.3 is 5.32 Å². The molecule has 0 spiro atoms. The standard InChI is InChI=1S/C12H14FNS/c1-3-9-10-5-4-8(13)6-11(10)15-12(9)7-14-2/h4-6,14H,3,7H2,1-2H3. The number of fused-ring (bicyclic) bond motifs is 1. The van der Waals surface area contributed by atoms with Gasteiger partial charge in [-0.3, -0.25) is 0 Å². The van der Waals surface area contributed by atoms with E-state index in [1.54, 1.807) is 17.4 Å². The molecule has 1 aromatic heterocycles. The predicted molar refractivity (Wildman–Crippen MR) is 63.9 cm³/mol. The number of halogens is 1. The zero-order valence-corrected chi connectivity index (χ0v) is 9.75. The Morgan fingerprint density at radius 2 is 2.20 bits per heavy atom. The van der Waals surface area contributed by atoms with Crippen molar-refractivity contribution in [2.75, 3.05) is 7.05 Å². The van der Waals surface area contributed by atoms with Gasteiger partial charge in [-0.1, -0.05) is 13.0 Å². The molecule has 0 saturated heterocycles. The fourth-order valence-corrected chi connectivity index (χ4v) is 3.20. The van der Waals surface area contributed by atoms with E-state index in [-0.39, 0.29) is 5.82 Å². The molecule has 0 aliphatic carbocycles. The molecule has 0 radical (unpaired) electrons. The van der Waals surface area contributed by atoms with Crippen LogP contribution in [0.2, 0.25) is 0 Å². The van der Waals surface area contributed by atoms with E-state index >= 15 is 0 Å². The summed E-state index contributed by atoms with van der Waals surface area (Å²) in [7, 11) is 1.93. The summed E-state index contributed by atoms with van der Waals surface area (Å²) in [5.74, 6) is -0.151. The Balaban J connectivity index is 2.62. The summed E-state index contributed by atoms with van der Waals surface area (Å²) in [4.78, 5) is 1.32. The van der Waals surface area contributed by atoms with Crippen molar-refractivity contribution < 1.29 is 4.39 Å². The van der Waals surface area contributed by atoms with Crippen molar-refractivity contribution in [1.29, 1.82) is 0 Å². The minimum absolute atomic E-state index is 0.151.